The highest BCUT2D eigenvalue weighted by Gasteiger charge is 2.37. The summed E-state index contributed by atoms with van der Waals surface area (Å²) in [6.07, 6.45) is 6.97. The van der Waals surface area contributed by atoms with Crippen LogP contribution in [0.15, 0.2) is 0 Å². The van der Waals surface area contributed by atoms with Crippen molar-refractivity contribution in [3.63, 3.8) is 0 Å². The summed E-state index contributed by atoms with van der Waals surface area (Å²) in [7, 11) is -2.94. The summed E-state index contributed by atoms with van der Waals surface area (Å²) in [4.78, 5) is 0. The van der Waals surface area contributed by atoms with Crippen LogP contribution in [0.2, 0.25) is 0 Å². The molecule has 3 atom stereocenters. The van der Waals surface area contributed by atoms with Crippen molar-refractivity contribution in [3.05, 3.63) is 0 Å². The van der Waals surface area contributed by atoms with E-state index in [1.54, 1.807) is 0 Å². The number of nitrogens with two attached hydrogens (primary N) is 1. The molecule has 0 aromatic rings. The Labute approximate surface area is 112 Å². The summed E-state index contributed by atoms with van der Waals surface area (Å²) in [6.45, 7) is 4.78. The van der Waals surface area contributed by atoms with Crippen molar-refractivity contribution in [2.45, 2.75) is 64.0 Å². The second kappa shape index (κ2) is 7.49. The van der Waals surface area contributed by atoms with Crippen LogP contribution >= 0.6 is 0 Å². The summed E-state index contributed by atoms with van der Waals surface area (Å²) in [6, 6.07) is 0. The Morgan fingerprint density at radius 2 is 1.89 bits per heavy atom. The fraction of sp³-hybridized carbons (Fsp3) is 1.00. The van der Waals surface area contributed by atoms with E-state index in [4.69, 9.17) is 5.73 Å². The van der Waals surface area contributed by atoms with Gasteiger partial charge in [0.15, 0.2) is 9.84 Å². The maximum absolute atomic E-state index is 12.4. The topological polar surface area (TPSA) is 60.2 Å². The normalized spacial score (nSPS) is 29.4. The SMILES string of the molecule is CCCCCS(=O)(=O)C1CC(CC)CCC1CN. The summed E-state index contributed by atoms with van der Waals surface area (Å²) < 4.78 is 24.9. The minimum atomic E-state index is -2.94. The Kier molecular flexibility index (Phi) is 6.64. The summed E-state index contributed by atoms with van der Waals surface area (Å²) in [5.74, 6) is 1.14. The first-order chi connectivity index (χ1) is 8.55. The number of rotatable bonds is 7. The fourth-order valence-electron chi connectivity index (χ4n) is 3.06. The first kappa shape index (κ1) is 16.0. The monoisotopic (exact) mass is 275 g/mol. The van der Waals surface area contributed by atoms with E-state index in [1.807, 2.05) is 0 Å². The Morgan fingerprint density at radius 1 is 1.17 bits per heavy atom. The van der Waals surface area contributed by atoms with E-state index in [0.717, 1.165) is 44.9 Å². The zero-order valence-electron chi connectivity index (χ0n) is 11.9. The van der Waals surface area contributed by atoms with E-state index in [0.29, 0.717) is 18.2 Å². The lowest BCUT2D eigenvalue weighted by molar-refractivity contribution is 0.275. The maximum atomic E-state index is 12.4. The molecule has 3 unspecified atom stereocenters. The molecule has 1 fully saturated rings. The Hall–Kier alpha value is -0.0900. The van der Waals surface area contributed by atoms with Gasteiger partial charge in [0.1, 0.15) is 0 Å². The third-order valence-electron chi connectivity index (χ3n) is 4.41. The molecule has 0 heterocycles. The van der Waals surface area contributed by atoms with Gasteiger partial charge >= 0.3 is 0 Å². The molecule has 0 spiro atoms. The van der Waals surface area contributed by atoms with Crippen molar-refractivity contribution >= 4 is 9.84 Å². The van der Waals surface area contributed by atoms with Crippen molar-refractivity contribution < 1.29 is 8.42 Å². The third-order valence-corrected chi connectivity index (χ3v) is 6.77. The fourth-order valence-corrected chi connectivity index (χ4v) is 5.37. The number of hydrogen-bond acceptors (Lipinski definition) is 3. The van der Waals surface area contributed by atoms with Crippen LogP contribution < -0.4 is 5.73 Å². The van der Waals surface area contributed by atoms with E-state index in [2.05, 4.69) is 13.8 Å². The predicted molar refractivity (Wildman–Crippen MR) is 77.3 cm³/mol. The minimum Gasteiger partial charge on any atom is -0.330 e. The van der Waals surface area contributed by atoms with E-state index in [9.17, 15) is 8.42 Å². The standard InChI is InChI=1S/C14H29NO2S/c1-3-5-6-9-18(16,17)14-10-12(4-2)7-8-13(14)11-15/h12-14H,3-11,15H2,1-2H3. The van der Waals surface area contributed by atoms with Crippen molar-refractivity contribution in [1.82, 2.24) is 0 Å². The van der Waals surface area contributed by atoms with Crippen molar-refractivity contribution in [2.75, 3.05) is 12.3 Å². The molecule has 0 saturated heterocycles. The lowest BCUT2D eigenvalue weighted by atomic mass is 9.80. The molecular formula is C14H29NO2S. The minimum absolute atomic E-state index is 0.168. The average Bonchev–Trinajstić information content (AvgIpc) is 2.38. The van der Waals surface area contributed by atoms with Gasteiger partial charge in [-0.05, 0) is 37.6 Å². The van der Waals surface area contributed by atoms with Gasteiger partial charge in [-0.2, -0.15) is 0 Å². The Balaban J connectivity index is 2.68. The van der Waals surface area contributed by atoms with Gasteiger partial charge < -0.3 is 5.73 Å². The zero-order valence-corrected chi connectivity index (χ0v) is 12.7. The molecule has 0 amide bonds. The first-order valence-corrected chi connectivity index (χ1v) is 9.18. The third kappa shape index (κ3) is 4.23. The van der Waals surface area contributed by atoms with Crippen LogP contribution in [0.1, 0.15) is 58.8 Å². The molecule has 2 N–H and O–H groups in total. The van der Waals surface area contributed by atoms with Gasteiger partial charge in [0.25, 0.3) is 0 Å². The van der Waals surface area contributed by atoms with Gasteiger partial charge in [-0.15, -0.1) is 0 Å². The molecule has 0 aromatic carbocycles. The molecule has 1 saturated carbocycles. The zero-order chi connectivity index (χ0) is 13.6. The van der Waals surface area contributed by atoms with Gasteiger partial charge in [-0.25, -0.2) is 8.42 Å². The number of sulfone groups is 1. The lowest BCUT2D eigenvalue weighted by Crippen LogP contribution is -2.40. The molecule has 4 heteroatoms. The molecule has 0 radical (unpaired) electrons. The molecule has 108 valence electrons. The maximum Gasteiger partial charge on any atom is 0.153 e. The smallest absolute Gasteiger partial charge is 0.153 e. The number of hydrogen-bond donors (Lipinski definition) is 1. The van der Waals surface area contributed by atoms with Crippen LogP contribution in [0.3, 0.4) is 0 Å². The average molecular weight is 275 g/mol. The van der Waals surface area contributed by atoms with Gasteiger partial charge in [-0.3, -0.25) is 0 Å². The highest BCUT2D eigenvalue weighted by Crippen LogP contribution is 2.35. The molecule has 0 aliphatic heterocycles. The first-order valence-electron chi connectivity index (χ1n) is 7.46. The van der Waals surface area contributed by atoms with Crippen molar-refractivity contribution in [3.8, 4) is 0 Å². The van der Waals surface area contributed by atoms with Crippen LogP contribution in [-0.4, -0.2) is 26.0 Å². The number of unbranched alkanes of at least 4 members (excludes halogenated alkanes) is 2. The van der Waals surface area contributed by atoms with Crippen LogP contribution in [-0.2, 0) is 9.84 Å². The second-order valence-corrected chi connectivity index (χ2v) is 8.04. The van der Waals surface area contributed by atoms with Crippen LogP contribution in [0.25, 0.3) is 0 Å². The van der Waals surface area contributed by atoms with E-state index >= 15 is 0 Å². The molecule has 18 heavy (non-hydrogen) atoms. The van der Waals surface area contributed by atoms with Gasteiger partial charge in [0, 0.05) is 0 Å². The van der Waals surface area contributed by atoms with Crippen LogP contribution in [0.4, 0.5) is 0 Å². The molecular weight excluding hydrogens is 246 g/mol. The molecule has 0 aromatic heterocycles. The van der Waals surface area contributed by atoms with Gasteiger partial charge in [-0.1, -0.05) is 39.5 Å². The van der Waals surface area contributed by atoms with Crippen molar-refractivity contribution in [1.29, 1.82) is 0 Å². The molecule has 1 rings (SSSR count). The Bertz CT molecular complexity index is 327. The molecule has 0 bridgehead atoms. The quantitative estimate of drug-likeness (QED) is 0.727. The molecule has 3 nitrogen and oxygen atoms in total. The van der Waals surface area contributed by atoms with E-state index in [1.165, 1.54) is 0 Å². The van der Waals surface area contributed by atoms with Gasteiger partial charge in [0.2, 0.25) is 0 Å². The van der Waals surface area contributed by atoms with E-state index < -0.39 is 9.84 Å². The van der Waals surface area contributed by atoms with Gasteiger partial charge in [0.05, 0.1) is 11.0 Å². The Morgan fingerprint density at radius 3 is 2.44 bits per heavy atom. The van der Waals surface area contributed by atoms with E-state index in [-0.39, 0.29) is 11.2 Å². The summed E-state index contributed by atoms with van der Waals surface area (Å²) in [5.41, 5.74) is 5.77. The lowest BCUT2D eigenvalue weighted by Gasteiger charge is -2.35. The summed E-state index contributed by atoms with van der Waals surface area (Å²) >= 11 is 0. The highest BCUT2D eigenvalue weighted by molar-refractivity contribution is 7.92. The molecule has 1 aliphatic rings. The van der Waals surface area contributed by atoms with Crippen molar-refractivity contribution in [2.24, 2.45) is 17.6 Å². The second-order valence-electron chi connectivity index (χ2n) is 5.70. The predicted octanol–water partition coefficient (Wildman–Crippen LogP) is 2.75. The van der Waals surface area contributed by atoms with Crippen LogP contribution in [0.5, 0.6) is 0 Å². The van der Waals surface area contributed by atoms with Crippen LogP contribution in [0, 0.1) is 11.8 Å². The molecule has 1 aliphatic carbocycles. The summed E-state index contributed by atoms with van der Waals surface area (Å²) in [5, 5.41) is -0.168. The largest absolute Gasteiger partial charge is 0.330 e. The highest BCUT2D eigenvalue weighted by atomic mass is 32.2.